The molecule has 2 atom stereocenters. The van der Waals surface area contributed by atoms with E-state index in [2.05, 4.69) is 18.3 Å². The zero-order valence-electron chi connectivity index (χ0n) is 12.7. The molecule has 3 heteroatoms. The van der Waals surface area contributed by atoms with E-state index < -0.39 is 0 Å². The first-order valence-electron chi connectivity index (χ1n) is 6.99. The van der Waals surface area contributed by atoms with E-state index in [0.29, 0.717) is 13.2 Å². The summed E-state index contributed by atoms with van der Waals surface area (Å²) in [6, 6.07) is 8.19. The summed E-state index contributed by atoms with van der Waals surface area (Å²) in [5.74, 6) is 0.912. The molecule has 1 aromatic carbocycles. The van der Waals surface area contributed by atoms with Crippen LogP contribution >= 0.6 is 0 Å². The molecule has 0 spiro atoms. The monoisotopic (exact) mass is 265 g/mol. The smallest absolute Gasteiger partial charge is 0.124 e. The molecule has 2 unspecified atom stereocenters. The van der Waals surface area contributed by atoms with E-state index in [9.17, 15) is 5.11 Å². The van der Waals surface area contributed by atoms with Crippen LogP contribution in [0.15, 0.2) is 24.3 Å². The SMILES string of the molecule is CCOc1ccccc1C(C)NCC(O)C(C)(C)C. The molecule has 1 rings (SSSR count). The molecular weight excluding hydrogens is 238 g/mol. The van der Waals surface area contributed by atoms with Crippen LogP contribution in [0.2, 0.25) is 0 Å². The molecule has 0 aliphatic rings. The molecular formula is C16H27NO2. The van der Waals surface area contributed by atoms with Crippen LogP contribution in [0.3, 0.4) is 0 Å². The Balaban J connectivity index is 2.65. The Bertz CT molecular complexity index is 385. The molecule has 0 amide bonds. The lowest BCUT2D eigenvalue weighted by atomic mass is 9.89. The highest BCUT2D eigenvalue weighted by Gasteiger charge is 2.22. The van der Waals surface area contributed by atoms with Crippen molar-refractivity contribution < 1.29 is 9.84 Å². The summed E-state index contributed by atoms with van der Waals surface area (Å²) in [6.45, 7) is 11.4. The van der Waals surface area contributed by atoms with E-state index in [0.717, 1.165) is 11.3 Å². The molecule has 19 heavy (non-hydrogen) atoms. The largest absolute Gasteiger partial charge is 0.494 e. The van der Waals surface area contributed by atoms with Crippen molar-refractivity contribution in [3.05, 3.63) is 29.8 Å². The minimum atomic E-state index is -0.366. The average Bonchev–Trinajstić information content (AvgIpc) is 2.35. The number of benzene rings is 1. The van der Waals surface area contributed by atoms with Gasteiger partial charge in [0.15, 0.2) is 0 Å². The highest BCUT2D eigenvalue weighted by molar-refractivity contribution is 5.35. The lowest BCUT2D eigenvalue weighted by Crippen LogP contribution is -2.37. The molecule has 2 N–H and O–H groups in total. The third-order valence-electron chi connectivity index (χ3n) is 3.30. The van der Waals surface area contributed by atoms with Crippen molar-refractivity contribution in [2.75, 3.05) is 13.2 Å². The summed E-state index contributed by atoms with van der Waals surface area (Å²) in [4.78, 5) is 0. The fourth-order valence-corrected chi connectivity index (χ4v) is 1.83. The van der Waals surface area contributed by atoms with Crippen LogP contribution in [0.1, 0.15) is 46.2 Å². The first-order valence-corrected chi connectivity index (χ1v) is 6.99. The quantitative estimate of drug-likeness (QED) is 0.830. The fourth-order valence-electron chi connectivity index (χ4n) is 1.83. The number of hydrogen-bond acceptors (Lipinski definition) is 3. The van der Waals surface area contributed by atoms with Crippen LogP contribution in [0.25, 0.3) is 0 Å². The summed E-state index contributed by atoms with van der Waals surface area (Å²) < 4.78 is 5.63. The van der Waals surface area contributed by atoms with Crippen molar-refractivity contribution in [2.45, 2.75) is 46.8 Å². The third kappa shape index (κ3) is 4.84. The maximum atomic E-state index is 10.1. The van der Waals surface area contributed by atoms with Gasteiger partial charge in [-0.3, -0.25) is 0 Å². The standard InChI is InChI=1S/C16H27NO2/c1-6-19-14-10-8-7-9-13(14)12(2)17-11-15(18)16(3,4)5/h7-10,12,15,17-18H,6,11H2,1-5H3. The molecule has 0 saturated heterocycles. The predicted molar refractivity (Wildman–Crippen MR) is 79.5 cm³/mol. The molecule has 0 bridgehead atoms. The van der Waals surface area contributed by atoms with Crippen molar-refractivity contribution in [2.24, 2.45) is 5.41 Å². The van der Waals surface area contributed by atoms with Crippen LogP contribution in [-0.2, 0) is 0 Å². The van der Waals surface area contributed by atoms with Gasteiger partial charge in [0.1, 0.15) is 5.75 Å². The van der Waals surface area contributed by atoms with Crippen molar-refractivity contribution in [1.82, 2.24) is 5.32 Å². The van der Waals surface area contributed by atoms with E-state index in [1.165, 1.54) is 0 Å². The zero-order chi connectivity index (χ0) is 14.5. The second-order valence-corrected chi connectivity index (χ2v) is 5.98. The third-order valence-corrected chi connectivity index (χ3v) is 3.30. The number of aliphatic hydroxyl groups excluding tert-OH is 1. The van der Waals surface area contributed by atoms with Gasteiger partial charge in [0.2, 0.25) is 0 Å². The van der Waals surface area contributed by atoms with E-state index >= 15 is 0 Å². The zero-order valence-corrected chi connectivity index (χ0v) is 12.7. The molecule has 3 nitrogen and oxygen atoms in total. The Kier molecular flexibility index (Phi) is 5.83. The molecule has 1 aromatic rings. The van der Waals surface area contributed by atoms with Crippen LogP contribution in [0.5, 0.6) is 5.75 Å². The van der Waals surface area contributed by atoms with Crippen LogP contribution in [0.4, 0.5) is 0 Å². The summed E-state index contributed by atoms with van der Waals surface area (Å²) in [6.07, 6.45) is -0.366. The van der Waals surface area contributed by atoms with Crippen LogP contribution in [0, 0.1) is 5.41 Å². The Labute approximate surface area is 117 Å². The van der Waals surface area contributed by atoms with E-state index in [4.69, 9.17) is 4.74 Å². The average molecular weight is 265 g/mol. The van der Waals surface area contributed by atoms with Gasteiger partial charge in [-0.05, 0) is 25.3 Å². The molecule has 0 radical (unpaired) electrons. The second-order valence-electron chi connectivity index (χ2n) is 5.98. The Morgan fingerprint density at radius 2 is 1.89 bits per heavy atom. The molecule has 0 aliphatic carbocycles. The topological polar surface area (TPSA) is 41.5 Å². The minimum absolute atomic E-state index is 0.105. The maximum absolute atomic E-state index is 10.1. The predicted octanol–water partition coefficient (Wildman–Crippen LogP) is 3.14. The van der Waals surface area contributed by atoms with Gasteiger partial charge in [-0.25, -0.2) is 0 Å². The van der Waals surface area contributed by atoms with Gasteiger partial charge in [-0.1, -0.05) is 39.0 Å². The first kappa shape index (κ1) is 16.0. The van der Waals surface area contributed by atoms with Gasteiger partial charge in [0.05, 0.1) is 12.7 Å². The Morgan fingerprint density at radius 3 is 2.47 bits per heavy atom. The van der Waals surface area contributed by atoms with Crippen molar-refractivity contribution in [3.8, 4) is 5.75 Å². The lowest BCUT2D eigenvalue weighted by Gasteiger charge is -2.28. The molecule has 108 valence electrons. The summed E-state index contributed by atoms with van der Waals surface area (Å²) in [7, 11) is 0. The van der Waals surface area contributed by atoms with Gasteiger partial charge in [-0.2, -0.15) is 0 Å². The number of para-hydroxylation sites is 1. The van der Waals surface area contributed by atoms with Gasteiger partial charge in [0, 0.05) is 18.2 Å². The number of hydrogen-bond donors (Lipinski definition) is 2. The Morgan fingerprint density at radius 1 is 1.26 bits per heavy atom. The van der Waals surface area contributed by atoms with Gasteiger partial charge in [-0.15, -0.1) is 0 Å². The number of aliphatic hydroxyl groups is 1. The Hall–Kier alpha value is -1.06. The minimum Gasteiger partial charge on any atom is -0.494 e. The van der Waals surface area contributed by atoms with Crippen LogP contribution < -0.4 is 10.1 Å². The lowest BCUT2D eigenvalue weighted by molar-refractivity contribution is 0.0608. The highest BCUT2D eigenvalue weighted by Crippen LogP contribution is 2.25. The normalized spacial score (nSPS) is 15.1. The highest BCUT2D eigenvalue weighted by atomic mass is 16.5. The van der Waals surface area contributed by atoms with E-state index in [1.807, 2.05) is 45.9 Å². The van der Waals surface area contributed by atoms with Crippen molar-refractivity contribution in [3.63, 3.8) is 0 Å². The number of ether oxygens (including phenoxy) is 1. The van der Waals surface area contributed by atoms with E-state index in [1.54, 1.807) is 0 Å². The van der Waals surface area contributed by atoms with Crippen molar-refractivity contribution in [1.29, 1.82) is 0 Å². The maximum Gasteiger partial charge on any atom is 0.124 e. The fraction of sp³-hybridized carbons (Fsp3) is 0.625. The molecule has 0 heterocycles. The molecule has 0 fully saturated rings. The number of nitrogens with one attached hydrogen (secondary N) is 1. The summed E-state index contributed by atoms with van der Waals surface area (Å²) in [5, 5.41) is 13.4. The molecule has 0 saturated carbocycles. The van der Waals surface area contributed by atoms with Gasteiger partial charge >= 0.3 is 0 Å². The molecule has 0 aromatic heterocycles. The van der Waals surface area contributed by atoms with E-state index in [-0.39, 0.29) is 17.6 Å². The first-order chi connectivity index (χ1) is 8.86. The summed E-state index contributed by atoms with van der Waals surface area (Å²) >= 11 is 0. The van der Waals surface area contributed by atoms with Gasteiger partial charge in [0.25, 0.3) is 0 Å². The summed E-state index contributed by atoms with van der Waals surface area (Å²) in [5.41, 5.74) is 1.03. The van der Waals surface area contributed by atoms with Gasteiger partial charge < -0.3 is 15.2 Å². The molecule has 0 aliphatic heterocycles. The second kappa shape index (κ2) is 6.92. The van der Waals surface area contributed by atoms with Crippen LogP contribution in [-0.4, -0.2) is 24.4 Å². The number of rotatable bonds is 6. The van der Waals surface area contributed by atoms with Crippen molar-refractivity contribution >= 4 is 0 Å².